The topological polar surface area (TPSA) is 55.4 Å². The summed E-state index contributed by atoms with van der Waals surface area (Å²) in [5.74, 6) is 0.0240. The largest absolute Gasteiger partial charge is 0.465 e. The summed E-state index contributed by atoms with van der Waals surface area (Å²) in [7, 11) is 1.38. The molecule has 0 radical (unpaired) electrons. The number of methoxy groups -OCH3 is 1. The lowest BCUT2D eigenvalue weighted by Crippen LogP contribution is -2.26. The van der Waals surface area contributed by atoms with Gasteiger partial charge in [0.2, 0.25) is 0 Å². The van der Waals surface area contributed by atoms with Gasteiger partial charge in [0.05, 0.1) is 12.8 Å². The smallest absolute Gasteiger partial charge is 0.350 e. The van der Waals surface area contributed by atoms with Crippen LogP contribution in [0.15, 0.2) is 11.4 Å². The summed E-state index contributed by atoms with van der Waals surface area (Å²) >= 11 is 1.37. The number of nitrogens with one attached hydrogen (secondary N) is 1. The highest BCUT2D eigenvalue weighted by Gasteiger charge is 2.21. The molecule has 0 atom stereocenters. The summed E-state index contributed by atoms with van der Waals surface area (Å²) in [6.45, 7) is 0. The van der Waals surface area contributed by atoms with E-state index in [0.29, 0.717) is 23.5 Å². The molecule has 1 aromatic rings. The lowest BCUT2D eigenvalue weighted by Gasteiger charge is -2.23. The highest BCUT2D eigenvalue weighted by atomic mass is 32.1. The van der Waals surface area contributed by atoms with Crippen LogP contribution in [-0.4, -0.2) is 24.9 Å². The van der Waals surface area contributed by atoms with Gasteiger partial charge in [0.25, 0.3) is 0 Å². The van der Waals surface area contributed by atoms with Crippen molar-refractivity contribution in [2.24, 2.45) is 0 Å². The maximum atomic E-state index is 11.5. The standard InChI is InChI=1S/C12H15NO3S/c1-16-12(15)11-10(6-7-17-11)13-8-2-4-9(14)5-3-8/h6-8,13H,2-5H2,1H3. The summed E-state index contributed by atoms with van der Waals surface area (Å²) in [6, 6.07) is 2.17. The Morgan fingerprint density at radius 2 is 2.18 bits per heavy atom. The number of carbonyl (C=O) groups is 2. The van der Waals surface area contributed by atoms with Crippen LogP contribution in [0.1, 0.15) is 35.4 Å². The fourth-order valence-corrected chi connectivity index (χ4v) is 2.75. The summed E-state index contributed by atoms with van der Waals surface area (Å²) in [5.41, 5.74) is 0.821. The van der Waals surface area contributed by atoms with Gasteiger partial charge in [-0.1, -0.05) is 0 Å². The third kappa shape index (κ3) is 2.85. The monoisotopic (exact) mass is 253 g/mol. The minimum absolute atomic E-state index is 0.283. The van der Waals surface area contributed by atoms with Crippen molar-refractivity contribution in [3.05, 3.63) is 16.3 Å². The van der Waals surface area contributed by atoms with Gasteiger partial charge in [-0.25, -0.2) is 4.79 Å². The molecule has 17 heavy (non-hydrogen) atoms. The molecule has 1 heterocycles. The molecule has 1 N–H and O–H groups in total. The van der Waals surface area contributed by atoms with Crippen LogP contribution in [0.5, 0.6) is 0 Å². The zero-order valence-corrected chi connectivity index (χ0v) is 10.5. The van der Waals surface area contributed by atoms with Crippen LogP contribution in [0, 0.1) is 0 Å². The van der Waals surface area contributed by atoms with Crippen molar-refractivity contribution < 1.29 is 14.3 Å². The molecule has 2 rings (SSSR count). The van der Waals surface area contributed by atoms with Crippen molar-refractivity contribution in [2.45, 2.75) is 31.7 Å². The van der Waals surface area contributed by atoms with Crippen LogP contribution in [-0.2, 0) is 9.53 Å². The van der Waals surface area contributed by atoms with E-state index < -0.39 is 0 Å². The molecule has 1 aromatic heterocycles. The van der Waals surface area contributed by atoms with Crippen LogP contribution < -0.4 is 5.32 Å². The van der Waals surface area contributed by atoms with Crippen molar-refractivity contribution >= 4 is 28.8 Å². The molecule has 0 amide bonds. The van der Waals surface area contributed by atoms with Gasteiger partial charge in [0, 0.05) is 18.9 Å². The molecule has 0 unspecified atom stereocenters. The van der Waals surface area contributed by atoms with Crippen molar-refractivity contribution in [3.63, 3.8) is 0 Å². The second-order valence-electron chi connectivity index (χ2n) is 4.11. The number of ketones is 1. The molecule has 5 heteroatoms. The molecule has 0 saturated heterocycles. The Morgan fingerprint density at radius 3 is 2.82 bits per heavy atom. The quantitative estimate of drug-likeness (QED) is 0.841. The molecular weight excluding hydrogens is 238 g/mol. The molecule has 1 fully saturated rings. The van der Waals surface area contributed by atoms with E-state index in [1.165, 1.54) is 18.4 Å². The first-order chi connectivity index (χ1) is 8.20. The second-order valence-corrected chi connectivity index (χ2v) is 5.03. The van der Waals surface area contributed by atoms with Gasteiger partial charge in [0.1, 0.15) is 10.7 Å². The molecule has 4 nitrogen and oxygen atoms in total. The van der Waals surface area contributed by atoms with Gasteiger partial charge < -0.3 is 10.1 Å². The molecule has 1 saturated carbocycles. The fourth-order valence-electron chi connectivity index (χ4n) is 1.98. The van der Waals surface area contributed by atoms with Crippen molar-refractivity contribution in [2.75, 3.05) is 12.4 Å². The Morgan fingerprint density at radius 1 is 1.47 bits per heavy atom. The molecule has 0 aliphatic heterocycles. The summed E-state index contributed by atoms with van der Waals surface area (Å²) in [4.78, 5) is 23.2. The molecule has 0 bridgehead atoms. The zero-order chi connectivity index (χ0) is 12.3. The summed E-state index contributed by atoms with van der Waals surface area (Å²) < 4.78 is 4.72. The number of Topliss-reactive ketones (excluding diaryl/α,β-unsaturated/α-hetero) is 1. The predicted octanol–water partition coefficient (Wildman–Crippen LogP) is 2.46. The van der Waals surface area contributed by atoms with Gasteiger partial charge in [-0.3, -0.25) is 4.79 Å². The Balaban J connectivity index is 2.01. The van der Waals surface area contributed by atoms with Crippen LogP contribution in [0.2, 0.25) is 0 Å². The van der Waals surface area contributed by atoms with E-state index >= 15 is 0 Å². The van der Waals surface area contributed by atoms with E-state index in [-0.39, 0.29) is 12.0 Å². The third-order valence-corrected chi connectivity index (χ3v) is 3.83. The van der Waals surface area contributed by atoms with Gasteiger partial charge in [-0.2, -0.15) is 0 Å². The van der Waals surface area contributed by atoms with Crippen molar-refractivity contribution in [1.82, 2.24) is 0 Å². The van der Waals surface area contributed by atoms with Gasteiger partial charge >= 0.3 is 5.97 Å². The highest BCUT2D eigenvalue weighted by Crippen LogP contribution is 2.26. The van der Waals surface area contributed by atoms with Crippen molar-refractivity contribution in [3.8, 4) is 0 Å². The third-order valence-electron chi connectivity index (χ3n) is 2.94. The number of carbonyl (C=O) groups excluding carboxylic acids is 2. The highest BCUT2D eigenvalue weighted by molar-refractivity contribution is 7.12. The lowest BCUT2D eigenvalue weighted by atomic mass is 9.94. The van der Waals surface area contributed by atoms with Crippen LogP contribution >= 0.6 is 11.3 Å². The number of thiophene rings is 1. The molecule has 0 spiro atoms. The van der Waals surface area contributed by atoms with E-state index in [1.807, 2.05) is 11.4 Å². The van der Waals surface area contributed by atoms with Crippen LogP contribution in [0.3, 0.4) is 0 Å². The maximum absolute atomic E-state index is 11.5. The van der Waals surface area contributed by atoms with E-state index in [0.717, 1.165) is 18.5 Å². The molecular formula is C12H15NO3S. The normalized spacial score (nSPS) is 16.9. The van der Waals surface area contributed by atoms with E-state index in [1.54, 1.807) is 0 Å². The number of anilines is 1. The van der Waals surface area contributed by atoms with E-state index in [4.69, 9.17) is 4.74 Å². The first-order valence-electron chi connectivity index (χ1n) is 5.64. The molecule has 92 valence electrons. The number of hydrogen-bond acceptors (Lipinski definition) is 5. The number of esters is 1. The lowest BCUT2D eigenvalue weighted by molar-refractivity contribution is -0.120. The van der Waals surface area contributed by atoms with Crippen molar-refractivity contribution in [1.29, 1.82) is 0 Å². The van der Waals surface area contributed by atoms with Gasteiger partial charge in [-0.15, -0.1) is 11.3 Å². The van der Waals surface area contributed by atoms with E-state index in [9.17, 15) is 9.59 Å². The number of hydrogen-bond donors (Lipinski definition) is 1. The Labute approximate surface area is 104 Å². The maximum Gasteiger partial charge on any atom is 0.350 e. The average Bonchev–Trinajstić information content (AvgIpc) is 2.79. The molecule has 0 aromatic carbocycles. The predicted molar refractivity (Wildman–Crippen MR) is 66.5 cm³/mol. The summed E-state index contributed by atoms with van der Waals surface area (Å²) in [5, 5.41) is 5.19. The molecule has 1 aliphatic rings. The van der Waals surface area contributed by atoms with Crippen LogP contribution in [0.25, 0.3) is 0 Å². The average molecular weight is 253 g/mol. The summed E-state index contributed by atoms with van der Waals surface area (Å²) in [6.07, 6.45) is 2.95. The van der Waals surface area contributed by atoms with Gasteiger partial charge in [0.15, 0.2) is 0 Å². The molecule has 1 aliphatic carbocycles. The Hall–Kier alpha value is -1.36. The second kappa shape index (κ2) is 5.31. The minimum atomic E-state index is -0.311. The Kier molecular flexibility index (Phi) is 3.78. The number of ether oxygens (including phenoxy) is 1. The number of rotatable bonds is 3. The first-order valence-corrected chi connectivity index (χ1v) is 6.52. The zero-order valence-electron chi connectivity index (χ0n) is 9.69. The first kappa shape index (κ1) is 12.1. The minimum Gasteiger partial charge on any atom is -0.465 e. The SMILES string of the molecule is COC(=O)c1sccc1NC1CCC(=O)CC1. The fraction of sp³-hybridized carbons (Fsp3) is 0.500. The Bertz CT molecular complexity index is 417. The van der Waals surface area contributed by atoms with Gasteiger partial charge in [-0.05, 0) is 24.3 Å². The van der Waals surface area contributed by atoms with E-state index in [2.05, 4.69) is 5.32 Å². The van der Waals surface area contributed by atoms with Crippen LogP contribution in [0.4, 0.5) is 5.69 Å².